The van der Waals surface area contributed by atoms with E-state index in [9.17, 15) is 5.11 Å². The van der Waals surface area contributed by atoms with Crippen molar-refractivity contribution in [1.82, 2.24) is 20.3 Å². The molecule has 0 radical (unpaired) electrons. The molecule has 4 N–H and O–H groups in total. The number of nitrogens with one attached hydrogen (secondary N) is 2. The normalized spacial score (nSPS) is 24.3. The van der Waals surface area contributed by atoms with Crippen LogP contribution in [0.3, 0.4) is 0 Å². The zero-order chi connectivity index (χ0) is 19.1. The van der Waals surface area contributed by atoms with E-state index in [1.165, 1.54) is 25.7 Å². The molecule has 150 valence electrons. The van der Waals surface area contributed by atoms with Crippen molar-refractivity contribution in [2.45, 2.75) is 70.1 Å². The number of hydrogen-bond acceptors (Lipinski definition) is 6. The lowest BCUT2D eigenvalue weighted by molar-refractivity contribution is 0.130. The fourth-order valence-corrected chi connectivity index (χ4v) is 4.11. The molecule has 7 nitrogen and oxygen atoms in total. The molecule has 0 bridgehead atoms. The highest BCUT2D eigenvalue weighted by Crippen LogP contribution is 2.29. The van der Waals surface area contributed by atoms with Gasteiger partial charge in [0.15, 0.2) is 0 Å². The molecule has 2 aromatic heterocycles. The van der Waals surface area contributed by atoms with Gasteiger partial charge in [0, 0.05) is 31.4 Å². The highest BCUT2D eigenvalue weighted by Gasteiger charge is 2.24. The molecule has 0 aromatic carbocycles. The van der Waals surface area contributed by atoms with Crippen molar-refractivity contribution in [2.24, 2.45) is 0 Å². The topological polar surface area (TPSA) is 97.3 Å². The van der Waals surface area contributed by atoms with E-state index in [2.05, 4.69) is 25.2 Å². The number of fused-ring (bicyclic) bond motifs is 1. The molecule has 2 aromatic rings. The third-order valence-corrected chi connectivity index (χ3v) is 5.63. The third-order valence-electron chi connectivity index (χ3n) is 5.63. The number of anilines is 1. The summed E-state index contributed by atoms with van der Waals surface area (Å²) in [7, 11) is 0. The Morgan fingerprint density at radius 1 is 1.22 bits per heavy atom. The average molecular weight is 376 g/mol. The van der Waals surface area contributed by atoms with Gasteiger partial charge in [0.05, 0.1) is 11.5 Å². The van der Waals surface area contributed by atoms with Gasteiger partial charge in [-0.1, -0.05) is 6.42 Å². The van der Waals surface area contributed by atoms with E-state index < -0.39 is 0 Å². The monoisotopic (exact) mass is 375 g/mol. The Kier molecular flexibility index (Phi) is 7.43. The smallest absolute Gasteiger partial charge is 0.142 e. The van der Waals surface area contributed by atoms with Crippen molar-refractivity contribution in [3.05, 3.63) is 18.6 Å². The molecule has 3 atom stereocenters. The van der Waals surface area contributed by atoms with E-state index in [1.54, 1.807) is 6.33 Å². The summed E-state index contributed by atoms with van der Waals surface area (Å²) >= 11 is 0. The van der Waals surface area contributed by atoms with Crippen molar-refractivity contribution in [1.29, 1.82) is 0 Å². The van der Waals surface area contributed by atoms with E-state index >= 15 is 0 Å². The van der Waals surface area contributed by atoms with Crippen LogP contribution in [0, 0.1) is 0 Å². The minimum Gasteiger partial charge on any atom is -0.396 e. The van der Waals surface area contributed by atoms with Gasteiger partial charge < -0.3 is 25.4 Å². The first-order chi connectivity index (χ1) is 13.2. The standard InChI is InChI=1S/C13H18N4O.C7H15NO/c18-8-5-10-3-1-2-7-17(10)13-11-4-6-14-12(11)15-9-16-13;1-6(9)7-4-2-3-5-8-7/h4,6,9-10,18H,1-3,5,7-8H2,(H,14,15,16);6-9H,2-5H2,1H3. The number of hydrogen-bond donors (Lipinski definition) is 4. The van der Waals surface area contributed by atoms with Crippen molar-refractivity contribution in [3.8, 4) is 0 Å². The molecule has 4 heterocycles. The van der Waals surface area contributed by atoms with Crippen LogP contribution in [-0.4, -0.2) is 63.0 Å². The SMILES string of the molecule is CC(O)C1CCCCN1.OCCC1CCCCN1c1ncnc2[nH]ccc12. The van der Waals surface area contributed by atoms with Crippen LogP contribution in [0.4, 0.5) is 5.82 Å². The molecule has 0 spiro atoms. The Hall–Kier alpha value is -1.70. The van der Waals surface area contributed by atoms with Crippen LogP contribution in [0.2, 0.25) is 0 Å². The van der Waals surface area contributed by atoms with Crippen LogP contribution >= 0.6 is 0 Å². The summed E-state index contributed by atoms with van der Waals surface area (Å²) in [6.07, 6.45) is 11.4. The van der Waals surface area contributed by atoms with Gasteiger partial charge in [-0.2, -0.15) is 0 Å². The van der Waals surface area contributed by atoms with Gasteiger partial charge in [0.2, 0.25) is 0 Å². The molecule has 0 aliphatic carbocycles. The summed E-state index contributed by atoms with van der Waals surface area (Å²) < 4.78 is 0. The van der Waals surface area contributed by atoms with Gasteiger partial charge >= 0.3 is 0 Å². The van der Waals surface area contributed by atoms with Crippen LogP contribution in [0.5, 0.6) is 0 Å². The Balaban J connectivity index is 0.000000197. The molecule has 2 fully saturated rings. The van der Waals surface area contributed by atoms with Gasteiger partial charge in [-0.05, 0) is 58.1 Å². The van der Waals surface area contributed by atoms with Gasteiger partial charge in [0.1, 0.15) is 17.8 Å². The highest BCUT2D eigenvalue weighted by atomic mass is 16.3. The molecule has 2 aliphatic heterocycles. The number of aromatic amines is 1. The molecule has 0 saturated carbocycles. The van der Waals surface area contributed by atoms with Crippen LogP contribution in [0.25, 0.3) is 11.0 Å². The Morgan fingerprint density at radius 3 is 2.78 bits per heavy atom. The van der Waals surface area contributed by atoms with Crippen molar-refractivity contribution >= 4 is 16.9 Å². The van der Waals surface area contributed by atoms with E-state index in [1.807, 2.05) is 19.2 Å². The third kappa shape index (κ3) is 5.18. The predicted molar refractivity (Wildman–Crippen MR) is 108 cm³/mol. The lowest BCUT2D eigenvalue weighted by Gasteiger charge is -2.36. The van der Waals surface area contributed by atoms with Crippen molar-refractivity contribution in [2.75, 3.05) is 24.6 Å². The van der Waals surface area contributed by atoms with Crippen LogP contribution < -0.4 is 10.2 Å². The van der Waals surface area contributed by atoms with E-state index in [0.717, 1.165) is 49.2 Å². The molecule has 2 saturated heterocycles. The summed E-state index contributed by atoms with van der Waals surface area (Å²) in [6, 6.07) is 2.78. The second-order valence-corrected chi connectivity index (χ2v) is 7.59. The molecule has 0 amide bonds. The zero-order valence-corrected chi connectivity index (χ0v) is 16.3. The first-order valence-electron chi connectivity index (χ1n) is 10.3. The summed E-state index contributed by atoms with van der Waals surface area (Å²) in [5.74, 6) is 0.999. The summed E-state index contributed by atoms with van der Waals surface area (Å²) in [6.45, 7) is 4.18. The Labute approximate surface area is 161 Å². The maximum atomic E-state index is 9.19. The molecular weight excluding hydrogens is 342 g/mol. The summed E-state index contributed by atoms with van der Waals surface area (Å²) in [5, 5.41) is 22.6. The number of rotatable bonds is 4. The second kappa shape index (κ2) is 10.0. The second-order valence-electron chi connectivity index (χ2n) is 7.59. The number of piperidine rings is 2. The first-order valence-corrected chi connectivity index (χ1v) is 10.3. The number of aromatic nitrogens is 3. The average Bonchev–Trinajstić information content (AvgIpc) is 3.19. The molecule has 3 unspecified atom stereocenters. The number of nitrogens with zero attached hydrogens (tertiary/aromatic N) is 3. The molecular formula is C20H33N5O2. The molecule has 27 heavy (non-hydrogen) atoms. The lowest BCUT2D eigenvalue weighted by Crippen LogP contribution is -2.41. The number of aliphatic hydroxyl groups excluding tert-OH is 2. The molecule has 4 rings (SSSR count). The van der Waals surface area contributed by atoms with Gasteiger partial charge in [-0.15, -0.1) is 0 Å². The van der Waals surface area contributed by atoms with E-state index in [0.29, 0.717) is 12.1 Å². The van der Waals surface area contributed by atoms with Gasteiger partial charge in [-0.3, -0.25) is 0 Å². The quantitative estimate of drug-likeness (QED) is 0.654. The fraction of sp³-hybridized carbons (Fsp3) is 0.700. The summed E-state index contributed by atoms with van der Waals surface area (Å²) in [4.78, 5) is 14.1. The van der Waals surface area contributed by atoms with E-state index in [-0.39, 0.29) is 12.7 Å². The largest absolute Gasteiger partial charge is 0.396 e. The van der Waals surface area contributed by atoms with Gasteiger partial charge in [-0.25, -0.2) is 9.97 Å². The predicted octanol–water partition coefficient (Wildman–Crippen LogP) is 2.21. The number of aliphatic hydroxyl groups is 2. The Morgan fingerprint density at radius 2 is 2.07 bits per heavy atom. The van der Waals surface area contributed by atoms with Crippen LogP contribution in [-0.2, 0) is 0 Å². The number of H-pyrrole nitrogens is 1. The Bertz CT molecular complexity index is 682. The zero-order valence-electron chi connectivity index (χ0n) is 16.3. The fourth-order valence-electron chi connectivity index (χ4n) is 4.11. The van der Waals surface area contributed by atoms with Gasteiger partial charge in [0.25, 0.3) is 0 Å². The van der Waals surface area contributed by atoms with Crippen molar-refractivity contribution < 1.29 is 10.2 Å². The maximum Gasteiger partial charge on any atom is 0.142 e. The maximum absolute atomic E-state index is 9.19. The van der Waals surface area contributed by atoms with Crippen molar-refractivity contribution in [3.63, 3.8) is 0 Å². The first kappa shape index (κ1) is 20.0. The molecule has 7 heteroatoms. The van der Waals surface area contributed by atoms with E-state index in [4.69, 9.17) is 5.11 Å². The van der Waals surface area contributed by atoms with Crippen LogP contribution in [0.15, 0.2) is 18.6 Å². The minimum atomic E-state index is -0.176. The minimum absolute atomic E-state index is 0.176. The molecule has 2 aliphatic rings. The highest BCUT2D eigenvalue weighted by molar-refractivity contribution is 5.87. The summed E-state index contributed by atoms with van der Waals surface area (Å²) in [5.41, 5.74) is 0.883. The van der Waals surface area contributed by atoms with Crippen LogP contribution in [0.1, 0.15) is 51.9 Å². The lowest BCUT2D eigenvalue weighted by atomic mass is 9.99.